The van der Waals surface area contributed by atoms with Crippen molar-refractivity contribution >= 4 is 11.3 Å². The van der Waals surface area contributed by atoms with E-state index in [2.05, 4.69) is 15.2 Å². The van der Waals surface area contributed by atoms with E-state index in [1.54, 1.807) is 10.5 Å². The molecule has 5 rings (SSSR count). The van der Waals surface area contributed by atoms with E-state index in [1.165, 1.54) is 0 Å². The van der Waals surface area contributed by atoms with Crippen LogP contribution in [-0.4, -0.2) is 42.4 Å². The molecule has 0 amide bonds. The molecule has 2 aromatic heterocycles. The number of hydrogen-bond donors (Lipinski definition) is 1. The minimum atomic E-state index is -0.0975. The number of rotatable bonds is 2. The topological polar surface area (TPSA) is 68.1 Å². The highest BCUT2D eigenvalue weighted by molar-refractivity contribution is 5.66. The van der Waals surface area contributed by atoms with Crippen LogP contribution < -0.4 is 25.2 Å². The quantitative estimate of drug-likeness (QED) is 0.755. The fraction of sp³-hybridized carbons (Fsp3) is 0.263. The predicted octanol–water partition coefficient (Wildman–Crippen LogP) is 1.50. The summed E-state index contributed by atoms with van der Waals surface area (Å²) in [5.41, 5.74) is 3.03. The van der Waals surface area contributed by atoms with Crippen molar-refractivity contribution in [3.05, 3.63) is 52.9 Å². The Balaban J connectivity index is 1.56. The van der Waals surface area contributed by atoms with E-state index in [-0.39, 0.29) is 12.4 Å². The van der Waals surface area contributed by atoms with E-state index >= 15 is 0 Å². The first kappa shape index (κ1) is 15.2. The molecular weight excluding hydrogens is 332 g/mol. The molecule has 2 aliphatic rings. The third-order valence-electron chi connectivity index (χ3n) is 4.79. The third kappa shape index (κ3) is 2.57. The Hall–Kier alpha value is -3.06. The van der Waals surface area contributed by atoms with E-state index in [4.69, 9.17) is 9.47 Å². The lowest BCUT2D eigenvalue weighted by Crippen LogP contribution is -2.43. The highest BCUT2D eigenvalue weighted by Crippen LogP contribution is 2.35. The Kier molecular flexibility index (Phi) is 3.53. The first-order chi connectivity index (χ1) is 12.8. The van der Waals surface area contributed by atoms with E-state index in [9.17, 15) is 4.79 Å². The molecule has 7 nitrogen and oxygen atoms in total. The molecule has 0 unspecified atom stereocenters. The molecular formula is C19H18N4O3. The lowest BCUT2D eigenvalue weighted by Gasteiger charge is -2.29. The third-order valence-corrected chi connectivity index (χ3v) is 4.79. The van der Waals surface area contributed by atoms with Crippen molar-refractivity contribution in [1.82, 2.24) is 14.7 Å². The molecule has 0 bridgehead atoms. The van der Waals surface area contributed by atoms with Crippen LogP contribution >= 0.6 is 0 Å². The summed E-state index contributed by atoms with van der Waals surface area (Å²) in [6.45, 7) is 4.00. The minimum Gasteiger partial charge on any atom is -0.454 e. The first-order valence-electron chi connectivity index (χ1n) is 8.67. The zero-order chi connectivity index (χ0) is 17.5. The fourth-order valence-electron chi connectivity index (χ4n) is 3.41. The molecule has 1 N–H and O–H groups in total. The van der Waals surface area contributed by atoms with Gasteiger partial charge in [0.25, 0.3) is 5.56 Å². The molecule has 1 aromatic carbocycles. The van der Waals surface area contributed by atoms with Crippen LogP contribution in [0.3, 0.4) is 0 Å². The zero-order valence-corrected chi connectivity index (χ0v) is 14.1. The van der Waals surface area contributed by atoms with Gasteiger partial charge in [-0.1, -0.05) is 0 Å². The van der Waals surface area contributed by atoms with Crippen LogP contribution in [0.1, 0.15) is 0 Å². The number of hydrogen-bond acceptors (Lipinski definition) is 6. The first-order valence-corrected chi connectivity index (χ1v) is 8.67. The molecule has 2 aliphatic heterocycles. The van der Waals surface area contributed by atoms with Crippen LogP contribution in [0.5, 0.6) is 11.5 Å². The van der Waals surface area contributed by atoms with Gasteiger partial charge in [-0.05, 0) is 30.3 Å². The Morgan fingerprint density at radius 3 is 2.73 bits per heavy atom. The average molecular weight is 350 g/mol. The van der Waals surface area contributed by atoms with Gasteiger partial charge >= 0.3 is 0 Å². The molecule has 132 valence electrons. The van der Waals surface area contributed by atoms with Crippen molar-refractivity contribution in [1.29, 1.82) is 0 Å². The van der Waals surface area contributed by atoms with Crippen LogP contribution in [-0.2, 0) is 0 Å². The van der Waals surface area contributed by atoms with Crippen LogP contribution in [0.4, 0.5) is 5.69 Å². The van der Waals surface area contributed by atoms with Crippen molar-refractivity contribution < 1.29 is 9.47 Å². The van der Waals surface area contributed by atoms with Gasteiger partial charge in [-0.25, -0.2) is 4.98 Å². The number of piperazine rings is 1. The van der Waals surface area contributed by atoms with Crippen molar-refractivity contribution in [2.24, 2.45) is 0 Å². The predicted molar refractivity (Wildman–Crippen MR) is 98.1 cm³/mol. The molecule has 7 heteroatoms. The van der Waals surface area contributed by atoms with Gasteiger partial charge in [0.2, 0.25) is 6.79 Å². The molecule has 0 aliphatic carbocycles. The number of ether oxygens (including phenoxy) is 2. The maximum atomic E-state index is 12.7. The lowest BCUT2D eigenvalue weighted by molar-refractivity contribution is 0.174. The SMILES string of the molecule is O=c1cc(-c2ccc3c(c2)OCO3)nc2ccc(N3CCNCC3)cn12. The second kappa shape index (κ2) is 6.03. The number of nitrogens with zero attached hydrogens (tertiary/aromatic N) is 3. The second-order valence-corrected chi connectivity index (χ2v) is 6.40. The van der Waals surface area contributed by atoms with Crippen LogP contribution in [0, 0.1) is 0 Å². The van der Waals surface area contributed by atoms with Crippen LogP contribution in [0.2, 0.25) is 0 Å². The van der Waals surface area contributed by atoms with E-state index in [1.807, 2.05) is 36.5 Å². The molecule has 1 saturated heterocycles. The van der Waals surface area contributed by atoms with Gasteiger partial charge < -0.3 is 19.7 Å². The number of nitrogens with one attached hydrogen (secondary N) is 1. The lowest BCUT2D eigenvalue weighted by atomic mass is 10.1. The number of pyridine rings is 1. The molecule has 1 fully saturated rings. The van der Waals surface area contributed by atoms with Gasteiger partial charge in [0.15, 0.2) is 11.5 Å². The normalized spacial score (nSPS) is 16.2. The maximum Gasteiger partial charge on any atom is 0.258 e. The zero-order valence-electron chi connectivity index (χ0n) is 14.1. The largest absolute Gasteiger partial charge is 0.454 e. The average Bonchev–Trinajstić information content (AvgIpc) is 3.16. The van der Waals surface area contributed by atoms with E-state index in [0.29, 0.717) is 22.8 Å². The van der Waals surface area contributed by atoms with Crippen molar-refractivity contribution in [2.75, 3.05) is 37.9 Å². The molecule has 0 radical (unpaired) electrons. The van der Waals surface area contributed by atoms with Gasteiger partial charge in [-0.2, -0.15) is 0 Å². The summed E-state index contributed by atoms with van der Waals surface area (Å²) in [6, 6.07) is 11.1. The van der Waals surface area contributed by atoms with Gasteiger partial charge in [0, 0.05) is 44.0 Å². The summed E-state index contributed by atoms with van der Waals surface area (Å²) < 4.78 is 12.4. The van der Waals surface area contributed by atoms with Gasteiger partial charge in [0.05, 0.1) is 11.4 Å². The van der Waals surface area contributed by atoms with Crippen molar-refractivity contribution in [3.63, 3.8) is 0 Å². The molecule has 26 heavy (non-hydrogen) atoms. The molecule has 3 aromatic rings. The van der Waals surface area contributed by atoms with Crippen LogP contribution in [0.15, 0.2) is 47.4 Å². The Bertz CT molecular complexity index is 1040. The standard InChI is InChI=1S/C19H18N4O3/c24-19-10-15(13-1-3-16-17(9-13)26-12-25-16)21-18-4-2-14(11-23(18)19)22-7-5-20-6-8-22/h1-4,9-11,20H,5-8,12H2. The minimum absolute atomic E-state index is 0.0975. The smallest absolute Gasteiger partial charge is 0.258 e. The van der Waals surface area contributed by atoms with Crippen molar-refractivity contribution in [2.45, 2.75) is 0 Å². The number of benzene rings is 1. The number of aromatic nitrogens is 2. The monoisotopic (exact) mass is 350 g/mol. The number of anilines is 1. The summed E-state index contributed by atoms with van der Waals surface area (Å²) in [6.07, 6.45) is 1.87. The molecule has 0 spiro atoms. The summed E-state index contributed by atoms with van der Waals surface area (Å²) >= 11 is 0. The summed E-state index contributed by atoms with van der Waals surface area (Å²) in [5, 5.41) is 3.33. The van der Waals surface area contributed by atoms with Gasteiger partial charge in [0.1, 0.15) is 5.65 Å². The molecule has 4 heterocycles. The van der Waals surface area contributed by atoms with E-state index < -0.39 is 0 Å². The summed E-state index contributed by atoms with van der Waals surface area (Å²) in [4.78, 5) is 19.6. The second-order valence-electron chi connectivity index (χ2n) is 6.40. The summed E-state index contributed by atoms with van der Waals surface area (Å²) in [5.74, 6) is 1.39. The Morgan fingerprint density at radius 2 is 1.85 bits per heavy atom. The molecule has 0 saturated carbocycles. The maximum absolute atomic E-state index is 12.7. The fourth-order valence-corrected chi connectivity index (χ4v) is 3.41. The van der Waals surface area contributed by atoms with E-state index in [0.717, 1.165) is 37.4 Å². The summed E-state index contributed by atoms with van der Waals surface area (Å²) in [7, 11) is 0. The van der Waals surface area contributed by atoms with Gasteiger partial charge in [-0.15, -0.1) is 0 Å². The molecule has 0 atom stereocenters. The van der Waals surface area contributed by atoms with Gasteiger partial charge in [-0.3, -0.25) is 9.20 Å². The Morgan fingerprint density at radius 1 is 1.00 bits per heavy atom. The number of fused-ring (bicyclic) bond motifs is 2. The Labute approximate surface area is 149 Å². The van der Waals surface area contributed by atoms with Crippen LogP contribution in [0.25, 0.3) is 16.9 Å². The highest BCUT2D eigenvalue weighted by atomic mass is 16.7. The highest BCUT2D eigenvalue weighted by Gasteiger charge is 2.16. The van der Waals surface area contributed by atoms with Crippen molar-refractivity contribution in [3.8, 4) is 22.8 Å².